The molecule has 1 amide bonds. The Labute approximate surface area is 106 Å². The first-order valence-corrected chi connectivity index (χ1v) is 5.81. The molecule has 0 bridgehead atoms. The van der Waals surface area contributed by atoms with Crippen molar-refractivity contribution in [3.05, 3.63) is 54.6 Å². The van der Waals surface area contributed by atoms with Crippen LogP contribution in [0.5, 0.6) is 5.75 Å². The van der Waals surface area contributed by atoms with Gasteiger partial charge >= 0.3 is 6.09 Å². The summed E-state index contributed by atoms with van der Waals surface area (Å²) in [5.74, 6) is 0.531. The molecule has 2 rings (SSSR count). The summed E-state index contributed by atoms with van der Waals surface area (Å²) in [6, 6.07) is 11.7. The Morgan fingerprint density at radius 1 is 1.28 bits per heavy atom. The maximum atomic E-state index is 10.9. The first kappa shape index (κ1) is 12.2. The van der Waals surface area contributed by atoms with Crippen LogP contribution in [0.25, 0.3) is 10.8 Å². The average Bonchev–Trinajstić information content (AvgIpc) is 2.37. The van der Waals surface area contributed by atoms with Crippen LogP contribution in [0.4, 0.5) is 4.79 Å². The number of nitrogens with two attached hydrogens (primary N) is 1. The van der Waals surface area contributed by atoms with Crippen molar-refractivity contribution in [3.63, 3.8) is 0 Å². The van der Waals surface area contributed by atoms with Crippen molar-refractivity contribution in [1.82, 2.24) is 0 Å². The molecule has 3 heteroatoms. The van der Waals surface area contributed by atoms with E-state index in [9.17, 15) is 4.79 Å². The number of hydrogen-bond donors (Lipinski definition) is 1. The SMILES string of the molecule is C=CCCc1c(OC(N)=O)ccc2ccccc12. The van der Waals surface area contributed by atoms with E-state index in [1.54, 1.807) is 6.07 Å². The van der Waals surface area contributed by atoms with Crippen LogP contribution in [0.3, 0.4) is 0 Å². The van der Waals surface area contributed by atoms with Gasteiger partial charge in [0.2, 0.25) is 0 Å². The lowest BCUT2D eigenvalue weighted by atomic mass is 10.00. The van der Waals surface area contributed by atoms with Gasteiger partial charge in [-0.25, -0.2) is 4.79 Å². The van der Waals surface area contributed by atoms with Gasteiger partial charge in [-0.3, -0.25) is 0 Å². The second kappa shape index (κ2) is 5.36. The minimum Gasteiger partial charge on any atom is -0.410 e. The predicted molar refractivity (Wildman–Crippen MR) is 72.7 cm³/mol. The zero-order valence-electron chi connectivity index (χ0n) is 10.1. The number of ether oxygens (including phenoxy) is 1. The number of benzene rings is 2. The third-order valence-corrected chi connectivity index (χ3v) is 2.81. The lowest BCUT2D eigenvalue weighted by molar-refractivity contribution is 0.210. The highest BCUT2D eigenvalue weighted by atomic mass is 16.5. The zero-order chi connectivity index (χ0) is 13.0. The van der Waals surface area contributed by atoms with E-state index in [2.05, 4.69) is 6.58 Å². The van der Waals surface area contributed by atoms with Crippen molar-refractivity contribution in [2.24, 2.45) is 5.73 Å². The normalized spacial score (nSPS) is 10.2. The van der Waals surface area contributed by atoms with E-state index in [1.807, 2.05) is 36.4 Å². The van der Waals surface area contributed by atoms with E-state index < -0.39 is 6.09 Å². The largest absolute Gasteiger partial charge is 0.410 e. The van der Waals surface area contributed by atoms with Crippen LogP contribution in [-0.2, 0) is 6.42 Å². The summed E-state index contributed by atoms with van der Waals surface area (Å²) in [4.78, 5) is 10.9. The van der Waals surface area contributed by atoms with E-state index in [0.717, 1.165) is 29.2 Å². The Morgan fingerprint density at radius 3 is 2.78 bits per heavy atom. The third-order valence-electron chi connectivity index (χ3n) is 2.81. The van der Waals surface area contributed by atoms with Gasteiger partial charge in [0.25, 0.3) is 0 Å². The number of carbonyl (C=O) groups is 1. The first-order chi connectivity index (χ1) is 8.72. The molecule has 0 unspecified atom stereocenters. The third kappa shape index (κ3) is 2.51. The van der Waals surface area contributed by atoms with Gasteiger partial charge in [-0.2, -0.15) is 0 Å². The van der Waals surface area contributed by atoms with Crippen molar-refractivity contribution in [3.8, 4) is 5.75 Å². The Hall–Kier alpha value is -2.29. The van der Waals surface area contributed by atoms with E-state index in [1.165, 1.54) is 0 Å². The number of allylic oxidation sites excluding steroid dienone is 1. The summed E-state index contributed by atoms with van der Waals surface area (Å²) in [6.07, 6.45) is 2.65. The molecule has 0 aromatic heterocycles. The fraction of sp³-hybridized carbons (Fsp3) is 0.133. The summed E-state index contributed by atoms with van der Waals surface area (Å²) < 4.78 is 5.06. The molecule has 0 radical (unpaired) electrons. The quantitative estimate of drug-likeness (QED) is 0.834. The van der Waals surface area contributed by atoms with Crippen LogP contribution < -0.4 is 10.5 Å². The Morgan fingerprint density at radius 2 is 2.06 bits per heavy atom. The molecule has 0 atom stereocenters. The van der Waals surface area contributed by atoms with Crippen molar-refractivity contribution >= 4 is 16.9 Å². The molecular formula is C15H15NO2. The fourth-order valence-corrected chi connectivity index (χ4v) is 2.02. The van der Waals surface area contributed by atoms with Crippen molar-refractivity contribution in [1.29, 1.82) is 0 Å². The number of carbonyl (C=O) groups excluding carboxylic acids is 1. The summed E-state index contributed by atoms with van der Waals surface area (Å²) >= 11 is 0. The Bertz CT molecular complexity index is 590. The maximum Gasteiger partial charge on any atom is 0.409 e. The van der Waals surface area contributed by atoms with Crippen LogP contribution in [0.15, 0.2) is 49.1 Å². The van der Waals surface area contributed by atoms with Gasteiger partial charge in [-0.1, -0.05) is 36.4 Å². The minimum atomic E-state index is -0.787. The molecule has 92 valence electrons. The highest BCUT2D eigenvalue weighted by molar-refractivity contribution is 5.88. The van der Waals surface area contributed by atoms with Gasteiger partial charge in [0.1, 0.15) is 5.75 Å². The molecule has 0 saturated carbocycles. The average molecular weight is 241 g/mol. The number of fused-ring (bicyclic) bond motifs is 1. The van der Waals surface area contributed by atoms with Gasteiger partial charge in [0.05, 0.1) is 0 Å². The molecule has 0 aliphatic carbocycles. The summed E-state index contributed by atoms with van der Waals surface area (Å²) in [6.45, 7) is 3.71. The van der Waals surface area contributed by atoms with Crippen LogP contribution in [-0.4, -0.2) is 6.09 Å². The van der Waals surface area contributed by atoms with Gasteiger partial charge < -0.3 is 10.5 Å². The molecule has 18 heavy (non-hydrogen) atoms. The van der Waals surface area contributed by atoms with Gasteiger partial charge in [0, 0.05) is 5.56 Å². The standard InChI is InChI=1S/C15H15NO2/c1-2-3-7-13-12-8-5-4-6-11(12)9-10-14(13)18-15(16)17/h2,4-6,8-10H,1,3,7H2,(H2,16,17). The fourth-order valence-electron chi connectivity index (χ4n) is 2.02. The van der Waals surface area contributed by atoms with E-state index in [4.69, 9.17) is 10.5 Å². The number of rotatable bonds is 4. The predicted octanol–water partition coefficient (Wildman–Crippen LogP) is 3.42. The molecule has 2 N–H and O–H groups in total. The molecule has 0 aliphatic heterocycles. The maximum absolute atomic E-state index is 10.9. The lowest BCUT2D eigenvalue weighted by Gasteiger charge is -2.11. The zero-order valence-corrected chi connectivity index (χ0v) is 10.1. The van der Waals surface area contributed by atoms with Crippen molar-refractivity contribution in [2.45, 2.75) is 12.8 Å². The number of aryl methyl sites for hydroxylation is 1. The van der Waals surface area contributed by atoms with Crippen molar-refractivity contribution < 1.29 is 9.53 Å². The highest BCUT2D eigenvalue weighted by Gasteiger charge is 2.10. The Balaban J connectivity index is 2.54. The summed E-state index contributed by atoms with van der Waals surface area (Å²) in [7, 11) is 0. The molecule has 0 saturated heterocycles. The van der Waals surface area contributed by atoms with Crippen LogP contribution in [0, 0.1) is 0 Å². The molecular weight excluding hydrogens is 226 g/mol. The second-order valence-electron chi connectivity index (χ2n) is 4.01. The minimum absolute atomic E-state index is 0.531. The molecule has 0 heterocycles. The van der Waals surface area contributed by atoms with E-state index >= 15 is 0 Å². The van der Waals surface area contributed by atoms with Crippen LogP contribution in [0.2, 0.25) is 0 Å². The van der Waals surface area contributed by atoms with E-state index in [0.29, 0.717) is 5.75 Å². The molecule has 0 aliphatic rings. The summed E-state index contributed by atoms with van der Waals surface area (Å²) in [5.41, 5.74) is 6.08. The monoisotopic (exact) mass is 241 g/mol. The topological polar surface area (TPSA) is 52.3 Å². The van der Waals surface area contributed by atoms with Gasteiger partial charge in [-0.15, -0.1) is 6.58 Å². The number of hydrogen-bond acceptors (Lipinski definition) is 2. The smallest absolute Gasteiger partial charge is 0.409 e. The molecule has 2 aromatic rings. The highest BCUT2D eigenvalue weighted by Crippen LogP contribution is 2.29. The Kier molecular flexibility index (Phi) is 3.63. The van der Waals surface area contributed by atoms with E-state index in [-0.39, 0.29) is 0 Å². The van der Waals surface area contributed by atoms with Crippen molar-refractivity contribution in [2.75, 3.05) is 0 Å². The lowest BCUT2D eigenvalue weighted by Crippen LogP contribution is -2.17. The molecule has 0 fully saturated rings. The summed E-state index contributed by atoms with van der Waals surface area (Å²) in [5, 5.41) is 2.20. The second-order valence-corrected chi connectivity index (χ2v) is 4.01. The molecule has 2 aromatic carbocycles. The van der Waals surface area contributed by atoms with Crippen LogP contribution in [0.1, 0.15) is 12.0 Å². The molecule has 0 spiro atoms. The van der Waals surface area contributed by atoms with Crippen LogP contribution >= 0.6 is 0 Å². The number of primary amides is 1. The van der Waals surface area contributed by atoms with Gasteiger partial charge in [-0.05, 0) is 29.7 Å². The first-order valence-electron chi connectivity index (χ1n) is 5.81. The number of amides is 1. The molecule has 3 nitrogen and oxygen atoms in total. The van der Waals surface area contributed by atoms with Gasteiger partial charge in [0.15, 0.2) is 0 Å².